The van der Waals surface area contributed by atoms with Crippen molar-refractivity contribution < 1.29 is 13.9 Å². The smallest absolute Gasteiger partial charge is 0.254 e. The zero-order valence-electron chi connectivity index (χ0n) is 19.4. The second kappa shape index (κ2) is 8.69. The molecule has 2 fully saturated rings. The Bertz CT molecular complexity index is 1260. The molecule has 0 bridgehead atoms. The minimum Gasteiger partial charge on any atom is -0.381 e. The fraction of sp³-hybridized carbons (Fsp3) is 0.370. The maximum Gasteiger partial charge on any atom is 0.254 e. The normalized spacial score (nSPS) is 17.8. The number of likely N-dealkylation sites (tertiary alicyclic amines) is 1. The number of ether oxygens (including phenoxy) is 1. The average molecular weight is 459 g/mol. The number of nitrogens with one attached hydrogen (secondary N) is 1. The molecule has 174 valence electrons. The number of H-pyrrole nitrogens is 1. The number of hydrogen-bond acceptors (Lipinski definition) is 4. The second-order valence-electron chi connectivity index (χ2n) is 9.31. The van der Waals surface area contributed by atoms with Crippen molar-refractivity contribution in [2.24, 2.45) is 0 Å². The number of halogens is 1. The van der Waals surface area contributed by atoms with Gasteiger partial charge in [0, 0.05) is 30.3 Å². The monoisotopic (exact) mass is 458 g/mol. The van der Waals surface area contributed by atoms with Gasteiger partial charge in [-0.05, 0) is 62.1 Å². The summed E-state index contributed by atoms with van der Waals surface area (Å²) in [6.07, 6.45) is 1.90. The first-order chi connectivity index (χ1) is 16.4. The van der Waals surface area contributed by atoms with E-state index in [4.69, 9.17) is 15.0 Å². The number of rotatable bonds is 4. The molecule has 1 aromatic heterocycles. The predicted octanol–water partition coefficient (Wildman–Crippen LogP) is 4.78. The predicted molar refractivity (Wildman–Crippen MR) is 126 cm³/mol. The van der Waals surface area contributed by atoms with Crippen LogP contribution in [0.3, 0.4) is 0 Å². The van der Waals surface area contributed by atoms with Crippen LogP contribution in [0.2, 0.25) is 0 Å². The highest BCUT2D eigenvalue weighted by Gasteiger charge is 2.47. The molecule has 3 heterocycles. The van der Waals surface area contributed by atoms with E-state index in [1.165, 1.54) is 4.90 Å². The topological polar surface area (TPSA) is 82.0 Å². The SMILES string of the molecule is Cc1ccc(C(=O)N2CC(F)(c3ccc(C#N)cc3)C2)cc1-c1[nH]c(C2CCOCC2)nc1C. The van der Waals surface area contributed by atoms with Gasteiger partial charge in [0.15, 0.2) is 5.67 Å². The molecular formula is C27H27FN4O2. The highest BCUT2D eigenvalue weighted by atomic mass is 19.1. The third-order valence-electron chi connectivity index (χ3n) is 6.97. The molecule has 1 N–H and O–H groups in total. The van der Waals surface area contributed by atoms with Gasteiger partial charge in [0.1, 0.15) is 5.82 Å². The Kier molecular flexibility index (Phi) is 5.70. The summed E-state index contributed by atoms with van der Waals surface area (Å²) < 4.78 is 20.8. The lowest BCUT2D eigenvalue weighted by molar-refractivity contribution is -0.0231. The van der Waals surface area contributed by atoms with Gasteiger partial charge in [0.25, 0.3) is 5.91 Å². The van der Waals surface area contributed by atoms with E-state index in [2.05, 4.69) is 4.98 Å². The summed E-state index contributed by atoms with van der Waals surface area (Å²) in [5, 5.41) is 8.94. The first-order valence-corrected chi connectivity index (χ1v) is 11.6. The zero-order valence-corrected chi connectivity index (χ0v) is 19.4. The van der Waals surface area contributed by atoms with Crippen LogP contribution in [0, 0.1) is 25.2 Å². The van der Waals surface area contributed by atoms with Crippen LogP contribution < -0.4 is 0 Å². The van der Waals surface area contributed by atoms with Crippen LogP contribution in [-0.2, 0) is 10.4 Å². The maximum absolute atomic E-state index is 15.3. The summed E-state index contributed by atoms with van der Waals surface area (Å²) >= 11 is 0. The average Bonchev–Trinajstić information content (AvgIpc) is 3.24. The molecule has 0 unspecified atom stereocenters. The molecule has 2 aromatic carbocycles. The van der Waals surface area contributed by atoms with E-state index in [1.807, 2.05) is 32.0 Å². The number of alkyl halides is 1. The van der Waals surface area contributed by atoms with Crippen molar-refractivity contribution in [2.75, 3.05) is 26.3 Å². The van der Waals surface area contributed by atoms with Crippen LogP contribution in [0.4, 0.5) is 4.39 Å². The molecule has 2 saturated heterocycles. The highest BCUT2D eigenvalue weighted by Crippen LogP contribution is 2.38. The lowest BCUT2D eigenvalue weighted by Crippen LogP contribution is -2.58. The van der Waals surface area contributed by atoms with Gasteiger partial charge in [-0.15, -0.1) is 0 Å². The zero-order chi connectivity index (χ0) is 23.9. The molecule has 34 heavy (non-hydrogen) atoms. The van der Waals surface area contributed by atoms with Crippen molar-refractivity contribution in [3.63, 3.8) is 0 Å². The van der Waals surface area contributed by atoms with Crippen LogP contribution in [-0.4, -0.2) is 47.1 Å². The fourth-order valence-electron chi connectivity index (χ4n) is 4.84. The molecule has 3 aromatic rings. The van der Waals surface area contributed by atoms with Gasteiger partial charge < -0.3 is 14.6 Å². The van der Waals surface area contributed by atoms with Gasteiger partial charge >= 0.3 is 0 Å². The molecule has 5 rings (SSSR count). The highest BCUT2D eigenvalue weighted by molar-refractivity contribution is 5.96. The van der Waals surface area contributed by atoms with Crippen LogP contribution >= 0.6 is 0 Å². The summed E-state index contributed by atoms with van der Waals surface area (Å²) in [6, 6.07) is 14.1. The number of hydrogen-bond donors (Lipinski definition) is 1. The van der Waals surface area contributed by atoms with Gasteiger partial charge in [-0.2, -0.15) is 5.26 Å². The van der Waals surface area contributed by atoms with Crippen LogP contribution in [0.15, 0.2) is 42.5 Å². The third-order valence-corrected chi connectivity index (χ3v) is 6.97. The minimum absolute atomic E-state index is 0.00206. The second-order valence-corrected chi connectivity index (χ2v) is 9.31. The van der Waals surface area contributed by atoms with Gasteiger partial charge in [-0.25, -0.2) is 9.37 Å². The number of carbonyl (C=O) groups excluding carboxylic acids is 1. The lowest BCUT2D eigenvalue weighted by atomic mass is 9.87. The Morgan fingerprint density at radius 1 is 1.18 bits per heavy atom. The number of aromatic nitrogens is 2. The molecule has 0 atom stereocenters. The summed E-state index contributed by atoms with van der Waals surface area (Å²) in [4.78, 5) is 23.0. The molecule has 0 aliphatic carbocycles. The first kappa shape index (κ1) is 22.3. The lowest BCUT2D eigenvalue weighted by Gasteiger charge is -2.44. The Balaban J connectivity index is 1.35. The molecular weight excluding hydrogens is 431 g/mol. The van der Waals surface area contributed by atoms with E-state index < -0.39 is 5.67 Å². The largest absolute Gasteiger partial charge is 0.381 e. The number of imidazole rings is 1. The molecule has 0 saturated carbocycles. The van der Waals surface area contributed by atoms with E-state index in [0.29, 0.717) is 22.6 Å². The summed E-state index contributed by atoms with van der Waals surface area (Å²) in [5.74, 6) is 1.14. The van der Waals surface area contributed by atoms with Crippen LogP contribution in [0.5, 0.6) is 0 Å². The van der Waals surface area contributed by atoms with E-state index >= 15 is 4.39 Å². The summed E-state index contributed by atoms with van der Waals surface area (Å²) in [7, 11) is 0. The minimum atomic E-state index is -1.59. The first-order valence-electron chi connectivity index (χ1n) is 11.6. The Morgan fingerprint density at radius 3 is 2.56 bits per heavy atom. The summed E-state index contributed by atoms with van der Waals surface area (Å²) in [5.41, 5.74) is 3.74. The number of nitriles is 1. The molecule has 0 spiro atoms. The van der Waals surface area contributed by atoms with Crippen molar-refractivity contribution in [3.05, 3.63) is 76.2 Å². The molecule has 2 aliphatic heterocycles. The number of amides is 1. The molecule has 0 radical (unpaired) electrons. The molecule has 1 amide bonds. The molecule has 2 aliphatic rings. The Hall–Kier alpha value is -3.50. The van der Waals surface area contributed by atoms with Gasteiger partial charge in [0.2, 0.25) is 0 Å². The van der Waals surface area contributed by atoms with E-state index in [0.717, 1.165) is 54.4 Å². The van der Waals surface area contributed by atoms with Crippen molar-refractivity contribution in [3.8, 4) is 17.3 Å². The third kappa shape index (κ3) is 3.99. The number of carbonyl (C=O) groups is 1. The van der Waals surface area contributed by atoms with Gasteiger partial charge in [-0.3, -0.25) is 4.79 Å². The van der Waals surface area contributed by atoms with E-state index in [9.17, 15) is 4.79 Å². The molecule has 7 heteroatoms. The summed E-state index contributed by atoms with van der Waals surface area (Å²) in [6.45, 7) is 5.48. The van der Waals surface area contributed by atoms with Gasteiger partial charge in [-0.1, -0.05) is 18.2 Å². The Morgan fingerprint density at radius 2 is 1.88 bits per heavy atom. The Labute approximate surface area is 198 Å². The maximum atomic E-state index is 15.3. The standard InChI is InChI=1S/C27H27FN4O2/c1-17-3-6-21(13-23(17)24-18(2)30-25(31-24)20-9-11-34-12-10-20)26(33)32-15-27(28,16-32)22-7-4-19(14-29)5-8-22/h3-8,13,20H,9-12,15-16H2,1-2H3,(H,30,31). The van der Waals surface area contributed by atoms with E-state index in [-0.39, 0.29) is 19.0 Å². The van der Waals surface area contributed by atoms with Crippen molar-refractivity contribution >= 4 is 5.91 Å². The van der Waals surface area contributed by atoms with E-state index in [1.54, 1.807) is 30.3 Å². The van der Waals surface area contributed by atoms with Crippen molar-refractivity contribution in [1.82, 2.24) is 14.9 Å². The number of benzene rings is 2. The molecule has 6 nitrogen and oxygen atoms in total. The van der Waals surface area contributed by atoms with Crippen molar-refractivity contribution in [2.45, 2.75) is 38.3 Å². The van der Waals surface area contributed by atoms with Crippen LogP contribution in [0.1, 0.15) is 57.3 Å². The number of aryl methyl sites for hydroxylation is 2. The van der Waals surface area contributed by atoms with Crippen LogP contribution in [0.25, 0.3) is 11.3 Å². The quantitative estimate of drug-likeness (QED) is 0.610. The number of nitrogens with zero attached hydrogens (tertiary/aromatic N) is 3. The van der Waals surface area contributed by atoms with Gasteiger partial charge in [0.05, 0.1) is 36.1 Å². The number of aromatic amines is 1. The van der Waals surface area contributed by atoms with Crippen molar-refractivity contribution in [1.29, 1.82) is 5.26 Å². The fourth-order valence-corrected chi connectivity index (χ4v) is 4.84.